The minimum Gasteiger partial charge on any atom is -0.0847 e. The fourth-order valence-electron chi connectivity index (χ4n) is 1.09. The number of allylic oxidation sites excluding steroid dienone is 4. The van der Waals surface area contributed by atoms with Gasteiger partial charge in [-0.1, -0.05) is 54.1 Å². The maximum absolute atomic E-state index is 2.20. The summed E-state index contributed by atoms with van der Waals surface area (Å²) in [6.45, 7) is 4.17. The highest BCUT2D eigenvalue weighted by atomic mass is 13.9. The van der Waals surface area contributed by atoms with Crippen molar-refractivity contribution >= 4 is 0 Å². The maximum Gasteiger partial charge on any atom is -0.00942 e. The third-order valence-corrected chi connectivity index (χ3v) is 2.03. The van der Waals surface area contributed by atoms with Crippen LogP contribution in [0.2, 0.25) is 0 Å². The molecule has 1 aromatic carbocycles. The summed E-state index contributed by atoms with van der Waals surface area (Å²) in [5, 5.41) is 0. The van der Waals surface area contributed by atoms with Crippen LogP contribution in [0.15, 0.2) is 54.1 Å². The van der Waals surface area contributed by atoms with Crippen LogP contribution in [0.25, 0.3) is 0 Å². The Morgan fingerprint density at radius 3 is 2.54 bits per heavy atom. The van der Waals surface area contributed by atoms with Crippen LogP contribution in [0.1, 0.15) is 19.4 Å². The molecule has 0 atom stereocenters. The first-order valence-corrected chi connectivity index (χ1v) is 4.66. The molecule has 0 nitrogen and oxygen atoms in total. The van der Waals surface area contributed by atoms with Crippen LogP contribution < -0.4 is 0 Å². The summed E-state index contributed by atoms with van der Waals surface area (Å²) in [6.07, 6.45) is 7.49. The standard InChI is InChI=1S/C13H16/c1-3-12(2)8-7-11-13-9-5-4-6-10-13/h3-10H,11H2,1-2H3. The molecule has 0 saturated carbocycles. The molecule has 0 bridgehead atoms. The highest BCUT2D eigenvalue weighted by Gasteiger charge is 1.85. The summed E-state index contributed by atoms with van der Waals surface area (Å²) < 4.78 is 0. The van der Waals surface area contributed by atoms with Crippen molar-refractivity contribution in [2.24, 2.45) is 0 Å². The first-order valence-electron chi connectivity index (χ1n) is 4.66. The van der Waals surface area contributed by atoms with Gasteiger partial charge in [-0.05, 0) is 25.8 Å². The average molecular weight is 172 g/mol. The molecule has 0 amide bonds. The largest absolute Gasteiger partial charge is 0.0847 e. The lowest BCUT2D eigenvalue weighted by atomic mass is 10.1. The summed E-state index contributed by atoms with van der Waals surface area (Å²) in [4.78, 5) is 0. The van der Waals surface area contributed by atoms with Crippen molar-refractivity contribution in [3.8, 4) is 0 Å². The van der Waals surface area contributed by atoms with E-state index in [1.165, 1.54) is 11.1 Å². The van der Waals surface area contributed by atoms with Crippen molar-refractivity contribution in [2.45, 2.75) is 20.3 Å². The van der Waals surface area contributed by atoms with Gasteiger partial charge in [-0.15, -0.1) is 0 Å². The zero-order valence-corrected chi connectivity index (χ0v) is 8.33. The van der Waals surface area contributed by atoms with E-state index in [1.807, 2.05) is 6.07 Å². The molecule has 0 N–H and O–H groups in total. The second kappa shape index (κ2) is 5.36. The monoisotopic (exact) mass is 172 g/mol. The molecule has 0 spiro atoms. The van der Waals surface area contributed by atoms with Gasteiger partial charge in [0.2, 0.25) is 0 Å². The molecule has 0 heterocycles. The van der Waals surface area contributed by atoms with E-state index in [9.17, 15) is 0 Å². The molecule has 1 rings (SSSR count). The van der Waals surface area contributed by atoms with Crippen molar-refractivity contribution in [3.63, 3.8) is 0 Å². The molecule has 0 aliphatic rings. The molecule has 0 unspecified atom stereocenters. The molecule has 0 aliphatic heterocycles. The topological polar surface area (TPSA) is 0 Å². The average Bonchev–Trinajstić information content (AvgIpc) is 2.19. The molecular weight excluding hydrogens is 156 g/mol. The summed E-state index contributed by atoms with van der Waals surface area (Å²) >= 11 is 0. The molecule has 0 aromatic heterocycles. The van der Waals surface area contributed by atoms with E-state index in [1.54, 1.807) is 0 Å². The van der Waals surface area contributed by atoms with Gasteiger partial charge in [0.05, 0.1) is 0 Å². The minimum atomic E-state index is 1.02. The van der Waals surface area contributed by atoms with E-state index in [4.69, 9.17) is 0 Å². The summed E-state index contributed by atoms with van der Waals surface area (Å²) in [6, 6.07) is 10.5. The predicted octanol–water partition coefficient (Wildman–Crippen LogP) is 3.75. The van der Waals surface area contributed by atoms with Crippen molar-refractivity contribution in [1.82, 2.24) is 0 Å². The lowest BCUT2D eigenvalue weighted by Gasteiger charge is -1.94. The van der Waals surface area contributed by atoms with Crippen LogP contribution in [0.4, 0.5) is 0 Å². The van der Waals surface area contributed by atoms with Gasteiger partial charge in [0, 0.05) is 0 Å². The molecule has 68 valence electrons. The van der Waals surface area contributed by atoms with Crippen LogP contribution in [0.3, 0.4) is 0 Å². The predicted molar refractivity (Wildman–Crippen MR) is 58.7 cm³/mol. The third-order valence-electron chi connectivity index (χ3n) is 2.03. The lowest BCUT2D eigenvalue weighted by Crippen LogP contribution is -1.78. The summed E-state index contributed by atoms with van der Waals surface area (Å²) in [7, 11) is 0. The van der Waals surface area contributed by atoms with Crippen LogP contribution in [-0.4, -0.2) is 0 Å². The van der Waals surface area contributed by atoms with E-state index in [0.29, 0.717) is 0 Å². The first-order chi connectivity index (χ1) is 6.33. The Bertz CT molecular complexity index is 291. The van der Waals surface area contributed by atoms with Gasteiger partial charge >= 0.3 is 0 Å². The maximum atomic E-state index is 2.20. The van der Waals surface area contributed by atoms with Gasteiger partial charge in [-0.2, -0.15) is 0 Å². The van der Waals surface area contributed by atoms with Crippen LogP contribution in [-0.2, 0) is 6.42 Å². The van der Waals surface area contributed by atoms with Gasteiger partial charge in [-0.3, -0.25) is 0 Å². The fourth-order valence-corrected chi connectivity index (χ4v) is 1.09. The molecule has 0 heteroatoms. The highest BCUT2D eigenvalue weighted by Crippen LogP contribution is 2.02. The fraction of sp³-hybridized carbons (Fsp3) is 0.231. The van der Waals surface area contributed by atoms with Crippen molar-refractivity contribution in [3.05, 3.63) is 59.7 Å². The number of rotatable bonds is 3. The third kappa shape index (κ3) is 3.75. The van der Waals surface area contributed by atoms with E-state index in [0.717, 1.165) is 6.42 Å². The van der Waals surface area contributed by atoms with Crippen molar-refractivity contribution < 1.29 is 0 Å². The molecule has 0 aliphatic carbocycles. The summed E-state index contributed by atoms with van der Waals surface area (Å²) in [5.74, 6) is 0. The van der Waals surface area contributed by atoms with E-state index >= 15 is 0 Å². The molecule has 0 fully saturated rings. The van der Waals surface area contributed by atoms with Crippen LogP contribution >= 0.6 is 0 Å². The van der Waals surface area contributed by atoms with Crippen LogP contribution in [0, 0.1) is 0 Å². The van der Waals surface area contributed by atoms with Gasteiger partial charge in [0.1, 0.15) is 0 Å². The molecule has 0 radical (unpaired) electrons. The van der Waals surface area contributed by atoms with E-state index < -0.39 is 0 Å². The number of benzene rings is 1. The number of hydrogen-bond donors (Lipinski definition) is 0. The Hall–Kier alpha value is -1.30. The van der Waals surface area contributed by atoms with Gasteiger partial charge < -0.3 is 0 Å². The van der Waals surface area contributed by atoms with Gasteiger partial charge in [-0.25, -0.2) is 0 Å². The number of hydrogen-bond acceptors (Lipinski definition) is 0. The Labute approximate surface area is 80.6 Å². The smallest absolute Gasteiger partial charge is 0.00942 e. The Morgan fingerprint density at radius 2 is 1.92 bits per heavy atom. The molecule has 0 saturated heterocycles. The highest BCUT2D eigenvalue weighted by molar-refractivity contribution is 5.21. The Balaban J connectivity index is 2.48. The SMILES string of the molecule is CC=C(C)C=CCc1ccccc1. The van der Waals surface area contributed by atoms with E-state index in [2.05, 4.69) is 56.3 Å². The first kappa shape index (κ1) is 9.79. The second-order valence-corrected chi connectivity index (χ2v) is 3.12. The molecule has 13 heavy (non-hydrogen) atoms. The van der Waals surface area contributed by atoms with Crippen molar-refractivity contribution in [2.75, 3.05) is 0 Å². The van der Waals surface area contributed by atoms with Crippen LogP contribution in [0.5, 0.6) is 0 Å². The molecule has 1 aromatic rings. The Morgan fingerprint density at radius 1 is 1.23 bits per heavy atom. The Kier molecular flexibility index (Phi) is 4.04. The zero-order chi connectivity index (χ0) is 9.52. The van der Waals surface area contributed by atoms with Gasteiger partial charge in [0.25, 0.3) is 0 Å². The quantitative estimate of drug-likeness (QED) is 0.609. The summed E-state index contributed by atoms with van der Waals surface area (Å²) in [5.41, 5.74) is 2.68. The van der Waals surface area contributed by atoms with Gasteiger partial charge in [0.15, 0.2) is 0 Å². The molecular formula is C13H16. The normalized spacial score (nSPS) is 12.3. The lowest BCUT2D eigenvalue weighted by molar-refractivity contribution is 1.26. The van der Waals surface area contributed by atoms with Crippen molar-refractivity contribution in [1.29, 1.82) is 0 Å². The van der Waals surface area contributed by atoms with E-state index in [-0.39, 0.29) is 0 Å². The second-order valence-electron chi connectivity index (χ2n) is 3.12. The minimum absolute atomic E-state index is 1.02. The zero-order valence-electron chi connectivity index (χ0n) is 8.33.